The number of hydrogen-bond acceptors (Lipinski definition) is 6. The fraction of sp³-hybridized carbons (Fsp3) is 0.0625. The molecule has 308 valence electrons. The molecule has 61 heavy (non-hydrogen) atoms. The van der Waals surface area contributed by atoms with Crippen LogP contribution in [-0.2, 0) is 41.9 Å². The molecular formula is C48H38F3N3O3P2RuS. The average molecular weight is 957 g/mol. The molecule has 0 N–H and O–H groups in total. The number of rotatable bonds is 10. The van der Waals surface area contributed by atoms with Crippen LogP contribution in [0.1, 0.15) is 11.1 Å². The van der Waals surface area contributed by atoms with Crippen molar-refractivity contribution in [2.45, 2.75) is 17.8 Å². The Morgan fingerprint density at radius 1 is 0.459 bits per heavy atom. The minimum absolute atomic E-state index is 0. The first kappa shape index (κ1) is 46.8. The molecule has 5 aromatic carbocycles. The van der Waals surface area contributed by atoms with Gasteiger partial charge in [0.2, 0.25) is 0 Å². The summed E-state index contributed by atoms with van der Waals surface area (Å²) in [6.45, 7) is 0. The Morgan fingerprint density at radius 2 is 0.754 bits per heavy atom. The zero-order chi connectivity index (χ0) is 42.2. The Morgan fingerprint density at radius 3 is 1.05 bits per heavy atom. The summed E-state index contributed by atoms with van der Waals surface area (Å²) in [6, 6.07) is 71.8. The Kier molecular flexibility index (Phi) is 17.7. The Balaban J connectivity index is 0.000000217. The molecule has 0 atom stereocenters. The molecule has 0 radical (unpaired) electrons. The maximum Gasteiger partial charge on any atom is 2.00 e. The van der Waals surface area contributed by atoms with Crippen molar-refractivity contribution < 1.29 is 45.6 Å². The summed E-state index contributed by atoms with van der Waals surface area (Å²) >= 11 is 0. The summed E-state index contributed by atoms with van der Waals surface area (Å²) in [5, 5.41) is 5.66. The van der Waals surface area contributed by atoms with Crippen LogP contribution in [0.4, 0.5) is 13.2 Å². The van der Waals surface area contributed by atoms with E-state index < -0.39 is 31.5 Å². The van der Waals surface area contributed by atoms with Gasteiger partial charge in [-0.25, -0.2) is 13.4 Å². The molecule has 3 aromatic heterocycles. The number of aromatic nitrogens is 3. The molecule has 0 amide bonds. The molecule has 0 saturated heterocycles. The Hall–Kier alpha value is -5.27. The average Bonchev–Trinajstić information content (AvgIpc) is 3.29. The van der Waals surface area contributed by atoms with E-state index in [1.165, 1.54) is 32.3 Å². The number of benzene rings is 5. The molecule has 0 spiro atoms. The summed E-state index contributed by atoms with van der Waals surface area (Å²) in [4.78, 5) is 13.2. The third-order valence-electron chi connectivity index (χ3n) is 8.73. The van der Waals surface area contributed by atoms with Crippen molar-refractivity contribution >= 4 is 47.2 Å². The van der Waals surface area contributed by atoms with Gasteiger partial charge in [0, 0.05) is 12.4 Å². The van der Waals surface area contributed by atoms with E-state index >= 15 is 0 Å². The second kappa shape index (κ2) is 23.1. The Bertz CT molecular complexity index is 2390. The van der Waals surface area contributed by atoms with Gasteiger partial charge >= 0.3 is 25.0 Å². The van der Waals surface area contributed by atoms with Crippen LogP contribution < -0.4 is 21.2 Å². The van der Waals surface area contributed by atoms with Gasteiger partial charge < -0.3 is 4.55 Å². The van der Waals surface area contributed by atoms with Crippen molar-refractivity contribution in [2.75, 3.05) is 0 Å². The molecule has 3 heterocycles. The van der Waals surface area contributed by atoms with Crippen molar-refractivity contribution in [2.24, 2.45) is 0 Å². The maximum absolute atomic E-state index is 10.7. The molecule has 0 unspecified atom stereocenters. The summed E-state index contributed by atoms with van der Waals surface area (Å²) in [6.07, 6.45) is 5.55. The number of halogens is 3. The minimum Gasteiger partial charge on any atom is -0.741 e. The summed E-state index contributed by atoms with van der Waals surface area (Å²) in [7, 11) is -7.04. The molecule has 0 bridgehead atoms. The van der Waals surface area contributed by atoms with Gasteiger partial charge in [-0.05, 0) is 85.8 Å². The van der Waals surface area contributed by atoms with Crippen molar-refractivity contribution in [3.05, 3.63) is 224 Å². The van der Waals surface area contributed by atoms with Crippen LogP contribution in [0.5, 0.6) is 0 Å². The number of alkyl halides is 3. The quantitative estimate of drug-likeness (QED) is 0.0446. The van der Waals surface area contributed by atoms with E-state index in [4.69, 9.17) is 13.0 Å². The topological polar surface area (TPSA) is 95.9 Å². The van der Waals surface area contributed by atoms with Gasteiger partial charge in [-0.15, -0.1) is 0 Å². The van der Waals surface area contributed by atoms with E-state index in [-0.39, 0.29) is 19.5 Å². The summed E-state index contributed by atoms with van der Waals surface area (Å²) < 4.78 is 58.9. The van der Waals surface area contributed by atoms with Crippen LogP contribution in [0, 0.1) is 6.07 Å². The fourth-order valence-corrected chi connectivity index (χ4v) is 10.4. The molecular weight excluding hydrogens is 919 g/mol. The van der Waals surface area contributed by atoms with Crippen LogP contribution in [-0.4, -0.2) is 33.4 Å². The zero-order valence-electron chi connectivity index (χ0n) is 32.4. The zero-order valence-corrected chi connectivity index (χ0v) is 36.7. The molecule has 8 rings (SSSR count). The van der Waals surface area contributed by atoms with Crippen molar-refractivity contribution in [1.82, 2.24) is 15.0 Å². The van der Waals surface area contributed by atoms with Crippen LogP contribution in [0.25, 0.3) is 22.8 Å². The number of nitrogens with zero attached hydrogens (tertiary/aromatic N) is 3. The summed E-state index contributed by atoms with van der Waals surface area (Å²) in [5.41, 5.74) is 0.412. The predicted molar refractivity (Wildman–Crippen MR) is 237 cm³/mol. The minimum atomic E-state index is -6.09. The van der Waals surface area contributed by atoms with E-state index in [2.05, 4.69) is 161 Å². The van der Waals surface area contributed by atoms with Crippen molar-refractivity contribution in [1.29, 1.82) is 0 Å². The molecule has 6 nitrogen and oxygen atoms in total. The molecule has 0 aliphatic rings. The van der Waals surface area contributed by atoms with E-state index in [1.54, 1.807) is 12.4 Å². The van der Waals surface area contributed by atoms with E-state index in [9.17, 15) is 13.2 Å². The molecule has 0 saturated carbocycles. The normalized spacial score (nSPS) is 11.0. The second-order valence-corrected chi connectivity index (χ2v) is 18.7. The first-order chi connectivity index (χ1) is 29.0. The molecule has 0 aliphatic carbocycles. The van der Waals surface area contributed by atoms with Gasteiger partial charge in [0.25, 0.3) is 0 Å². The van der Waals surface area contributed by atoms with E-state index in [0.29, 0.717) is 0 Å². The molecule has 0 aliphatic heterocycles. The summed E-state index contributed by atoms with van der Waals surface area (Å²) in [5.74, 6) is 0. The Labute approximate surface area is 370 Å². The first-order valence-electron chi connectivity index (χ1n) is 18.6. The standard InChI is InChI=1S/C32H27P2.C15H11N3.CHF3O3S.Ru/c1-5-16-29(17-6-1)33(30-18-7-2-8-19-30)25-27-14-13-15-28(24-27)26-34(31-20-9-3-10-21-31)32-22-11-4-12-23-32;1-3-10-16-12(6-1)14-8-5-9-15(18-14)13-7-2-4-11-17-13;2-1(3,4)8(5,6)7;/h1-23H,25-26H2;1-11H;(H,5,6,7);/q-1;;;+2/p-1. The number of pyridine rings is 3. The molecule has 0 fully saturated rings. The van der Waals surface area contributed by atoms with Gasteiger partial charge in [-0.3, -0.25) is 9.97 Å². The van der Waals surface area contributed by atoms with E-state index in [0.717, 1.165) is 35.1 Å². The molecule has 8 aromatic rings. The van der Waals surface area contributed by atoms with Crippen molar-refractivity contribution in [3.8, 4) is 22.8 Å². The van der Waals surface area contributed by atoms with Gasteiger partial charge in [0.1, 0.15) is 0 Å². The van der Waals surface area contributed by atoms with Crippen LogP contribution in [0.2, 0.25) is 0 Å². The molecule has 13 heteroatoms. The third-order valence-corrected chi connectivity index (χ3v) is 14.3. The monoisotopic (exact) mass is 957 g/mol. The van der Waals surface area contributed by atoms with Crippen LogP contribution in [0.3, 0.4) is 0 Å². The van der Waals surface area contributed by atoms with Crippen molar-refractivity contribution in [3.63, 3.8) is 0 Å². The second-order valence-electron chi connectivity index (χ2n) is 13.0. The SMILES string of the molecule is O=S(=O)([O-])C(F)(F)F.[Ru+2].[c-]1c(CP(c2ccccc2)c2ccccc2)cccc1CP(c1ccccc1)c1ccccc1.c1ccc(-c2cccc(-c3ccccn3)n2)nc1. The van der Waals surface area contributed by atoms with Crippen LogP contribution >= 0.6 is 15.8 Å². The van der Waals surface area contributed by atoms with Gasteiger partial charge in [-0.1, -0.05) is 140 Å². The number of hydrogen-bond donors (Lipinski definition) is 0. The predicted octanol–water partition coefficient (Wildman–Crippen LogP) is 10.0. The van der Waals surface area contributed by atoms with Gasteiger partial charge in [0.05, 0.1) is 22.8 Å². The third kappa shape index (κ3) is 14.1. The van der Waals surface area contributed by atoms with E-state index in [1.807, 2.05) is 54.6 Å². The fourth-order valence-electron chi connectivity index (χ4n) is 5.94. The van der Waals surface area contributed by atoms with Gasteiger partial charge in [-0.2, -0.15) is 48.6 Å². The maximum atomic E-state index is 10.7. The smallest absolute Gasteiger partial charge is 0.741 e. The largest absolute Gasteiger partial charge is 2.00 e. The van der Waals surface area contributed by atoms with Gasteiger partial charge in [0.15, 0.2) is 10.1 Å². The first-order valence-corrected chi connectivity index (χ1v) is 23.1. The van der Waals surface area contributed by atoms with Crippen LogP contribution in [0.15, 0.2) is 207 Å².